The third-order valence-corrected chi connectivity index (χ3v) is 3.59. The lowest BCUT2D eigenvalue weighted by Crippen LogP contribution is -2.40. The van der Waals surface area contributed by atoms with E-state index in [4.69, 9.17) is 23.1 Å². The monoisotopic (exact) mass is 311 g/mol. The summed E-state index contributed by atoms with van der Waals surface area (Å²) in [6, 6.07) is 5.05. The summed E-state index contributed by atoms with van der Waals surface area (Å²) >= 11 is 6.20. The van der Waals surface area contributed by atoms with E-state index in [0.29, 0.717) is 17.5 Å². The number of primary amides is 1. The van der Waals surface area contributed by atoms with Crippen molar-refractivity contribution in [1.82, 2.24) is 5.32 Å². The highest BCUT2D eigenvalue weighted by Gasteiger charge is 2.14. The Hall–Kier alpha value is -1.59. The van der Waals surface area contributed by atoms with Gasteiger partial charge in [0.05, 0.1) is 6.04 Å². The molecule has 0 aromatic heterocycles. The van der Waals surface area contributed by atoms with E-state index in [1.54, 1.807) is 0 Å². The fourth-order valence-corrected chi connectivity index (χ4v) is 2.06. The molecule has 6 heteroatoms. The minimum atomic E-state index is -0.744. The van der Waals surface area contributed by atoms with Crippen LogP contribution in [-0.4, -0.2) is 17.9 Å². The van der Waals surface area contributed by atoms with Crippen LogP contribution in [0.15, 0.2) is 18.2 Å². The van der Waals surface area contributed by atoms with Crippen molar-refractivity contribution in [2.75, 3.05) is 0 Å². The van der Waals surface area contributed by atoms with Crippen molar-refractivity contribution in [1.29, 1.82) is 0 Å². The molecule has 1 aromatic rings. The Kier molecular flexibility index (Phi) is 6.65. The number of carbonyl (C=O) groups excluding carboxylic acids is 2. The van der Waals surface area contributed by atoms with Crippen molar-refractivity contribution in [2.45, 2.75) is 45.2 Å². The van der Waals surface area contributed by atoms with Crippen LogP contribution in [0.25, 0.3) is 0 Å². The molecule has 0 radical (unpaired) electrons. The number of benzene rings is 1. The molecule has 1 atom stereocenters. The van der Waals surface area contributed by atoms with E-state index in [1.165, 1.54) is 0 Å². The average Bonchev–Trinajstić information content (AvgIpc) is 2.42. The lowest BCUT2D eigenvalue weighted by Gasteiger charge is -2.13. The summed E-state index contributed by atoms with van der Waals surface area (Å²) in [7, 11) is 0. The topological polar surface area (TPSA) is 98.2 Å². The molecule has 1 aromatic carbocycles. The zero-order valence-corrected chi connectivity index (χ0v) is 13.1. The van der Waals surface area contributed by atoms with Crippen LogP contribution in [0.3, 0.4) is 0 Å². The number of hydrogen-bond donors (Lipinski definition) is 3. The Bertz CT molecular complexity index is 518. The standard InChI is InChI=1S/C15H22ClN3O2/c1-9(2)10-3-4-11(12(16)7-10)8-19-15(21)13(17)5-6-14(18)20/h3-4,7,9,13H,5-6,8,17H2,1-2H3,(H2,18,20)(H,19,21)/t13-/m0/s1. The maximum absolute atomic E-state index is 11.8. The van der Waals surface area contributed by atoms with Gasteiger partial charge in [-0.25, -0.2) is 0 Å². The van der Waals surface area contributed by atoms with E-state index in [2.05, 4.69) is 19.2 Å². The van der Waals surface area contributed by atoms with Crippen molar-refractivity contribution in [3.63, 3.8) is 0 Å². The normalized spacial score (nSPS) is 12.2. The van der Waals surface area contributed by atoms with Gasteiger partial charge in [-0.05, 0) is 29.5 Å². The van der Waals surface area contributed by atoms with E-state index in [-0.39, 0.29) is 18.7 Å². The number of rotatable bonds is 7. The van der Waals surface area contributed by atoms with E-state index in [0.717, 1.165) is 11.1 Å². The largest absolute Gasteiger partial charge is 0.370 e. The van der Waals surface area contributed by atoms with E-state index >= 15 is 0 Å². The molecule has 0 saturated heterocycles. The summed E-state index contributed by atoms with van der Waals surface area (Å²) in [4.78, 5) is 22.4. The number of nitrogens with one attached hydrogen (secondary N) is 1. The number of nitrogens with two attached hydrogens (primary N) is 2. The molecule has 0 heterocycles. The van der Waals surface area contributed by atoms with Gasteiger partial charge in [-0.1, -0.05) is 37.6 Å². The van der Waals surface area contributed by atoms with Crippen molar-refractivity contribution in [2.24, 2.45) is 11.5 Å². The third kappa shape index (κ3) is 5.73. The number of halogens is 1. The zero-order valence-electron chi connectivity index (χ0n) is 12.4. The molecule has 0 saturated carbocycles. The average molecular weight is 312 g/mol. The zero-order chi connectivity index (χ0) is 16.0. The Morgan fingerprint density at radius 3 is 2.52 bits per heavy atom. The maximum Gasteiger partial charge on any atom is 0.237 e. The highest BCUT2D eigenvalue weighted by molar-refractivity contribution is 6.31. The smallest absolute Gasteiger partial charge is 0.237 e. The van der Waals surface area contributed by atoms with Crippen LogP contribution in [0.5, 0.6) is 0 Å². The Balaban J connectivity index is 2.55. The van der Waals surface area contributed by atoms with Gasteiger partial charge in [0.25, 0.3) is 0 Å². The first-order chi connectivity index (χ1) is 9.81. The summed E-state index contributed by atoms with van der Waals surface area (Å²) in [5.41, 5.74) is 12.7. The molecule has 0 aliphatic carbocycles. The molecule has 0 bridgehead atoms. The molecular formula is C15H22ClN3O2. The van der Waals surface area contributed by atoms with Gasteiger partial charge >= 0.3 is 0 Å². The first kappa shape index (κ1) is 17.5. The van der Waals surface area contributed by atoms with E-state index < -0.39 is 11.9 Å². The Morgan fingerprint density at radius 1 is 1.33 bits per heavy atom. The number of hydrogen-bond acceptors (Lipinski definition) is 3. The predicted octanol–water partition coefficient (Wildman–Crippen LogP) is 1.67. The molecule has 0 spiro atoms. The SMILES string of the molecule is CC(C)c1ccc(CNC(=O)[C@@H](N)CCC(N)=O)c(Cl)c1. The minimum absolute atomic E-state index is 0.0957. The van der Waals surface area contributed by atoms with Crippen molar-refractivity contribution in [3.8, 4) is 0 Å². The molecule has 5 N–H and O–H groups in total. The van der Waals surface area contributed by atoms with Gasteiger partial charge in [0.2, 0.25) is 11.8 Å². The van der Waals surface area contributed by atoms with Crippen molar-refractivity contribution in [3.05, 3.63) is 34.3 Å². The molecule has 1 rings (SSSR count). The highest BCUT2D eigenvalue weighted by Crippen LogP contribution is 2.22. The highest BCUT2D eigenvalue weighted by atomic mass is 35.5. The second-order valence-corrected chi connectivity index (χ2v) is 5.74. The summed E-state index contributed by atoms with van der Waals surface area (Å²) in [5.74, 6) is -0.390. The molecule has 0 aliphatic rings. The lowest BCUT2D eigenvalue weighted by molar-refractivity contribution is -0.123. The van der Waals surface area contributed by atoms with Crippen molar-refractivity contribution >= 4 is 23.4 Å². The first-order valence-corrected chi connectivity index (χ1v) is 7.29. The predicted molar refractivity (Wildman–Crippen MR) is 83.8 cm³/mol. The Morgan fingerprint density at radius 2 is 2.00 bits per heavy atom. The van der Waals surface area contributed by atoms with Gasteiger partial charge < -0.3 is 16.8 Å². The van der Waals surface area contributed by atoms with Gasteiger partial charge in [-0.15, -0.1) is 0 Å². The van der Waals surface area contributed by atoms with Gasteiger partial charge in [0.15, 0.2) is 0 Å². The molecule has 5 nitrogen and oxygen atoms in total. The fourth-order valence-electron chi connectivity index (χ4n) is 1.81. The molecule has 116 valence electrons. The second kappa shape index (κ2) is 8.00. The molecule has 0 aliphatic heterocycles. The summed E-state index contributed by atoms with van der Waals surface area (Å²) in [6.45, 7) is 4.48. The number of carbonyl (C=O) groups is 2. The van der Waals surface area contributed by atoms with Gasteiger partial charge in [-0.2, -0.15) is 0 Å². The number of amides is 2. The second-order valence-electron chi connectivity index (χ2n) is 5.33. The molecule has 21 heavy (non-hydrogen) atoms. The van der Waals surface area contributed by atoms with Crippen LogP contribution in [0, 0.1) is 0 Å². The van der Waals surface area contributed by atoms with Gasteiger partial charge in [-0.3, -0.25) is 9.59 Å². The molecule has 0 unspecified atom stereocenters. The van der Waals surface area contributed by atoms with Gasteiger partial charge in [0, 0.05) is 18.0 Å². The van der Waals surface area contributed by atoms with E-state index in [1.807, 2.05) is 18.2 Å². The summed E-state index contributed by atoms with van der Waals surface area (Å²) in [5, 5.41) is 3.33. The van der Waals surface area contributed by atoms with E-state index in [9.17, 15) is 9.59 Å². The van der Waals surface area contributed by atoms with Crippen LogP contribution >= 0.6 is 11.6 Å². The maximum atomic E-state index is 11.8. The fraction of sp³-hybridized carbons (Fsp3) is 0.467. The lowest BCUT2D eigenvalue weighted by atomic mass is 10.0. The molecule has 0 fully saturated rings. The molecular weight excluding hydrogens is 290 g/mol. The van der Waals surface area contributed by atoms with Crippen LogP contribution in [0.4, 0.5) is 0 Å². The summed E-state index contributed by atoms with van der Waals surface area (Å²) in [6.07, 6.45) is 0.333. The first-order valence-electron chi connectivity index (χ1n) is 6.91. The summed E-state index contributed by atoms with van der Waals surface area (Å²) < 4.78 is 0. The minimum Gasteiger partial charge on any atom is -0.370 e. The quantitative estimate of drug-likeness (QED) is 0.714. The van der Waals surface area contributed by atoms with Crippen LogP contribution in [0.1, 0.15) is 43.7 Å². The van der Waals surface area contributed by atoms with Crippen LogP contribution in [-0.2, 0) is 16.1 Å². The third-order valence-electron chi connectivity index (χ3n) is 3.24. The Labute approximate surface area is 130 Å². The molecule has 2 amide bonds. The van der Waals surface area contributed by atoms with Crippen LogP contribution in [0.2, 0.25) is 5.02 Å². The van der Waals surface area contributed by atoms with Crippen LogP contribution < -0.4 is 16.8 Å². The van der Waals surface area contributed by atoms with Gasteiger partial charge in [0.1, 0.15) is 0 Å². The van der Waals surface area contributed by atoms with Crippen molar-refractivity contribution < 1.29 is 9.59 Å².